The Kier molecular flexibility index (Phi) is 2.83. The second-order valence-corrected chi connectivity index (χ2v) is 3.57. The lowest BCUT2D eigenvalue weighted by molar-refractivity contribution is 0.537. The summed E-state index contributed by atoms with van der Waals surface area (Å²) in [5, 5.41) is 0. The Bertz CT molecular complexity index is 299. The molecule has 1 unspecified atom stereocenters. The highest BCUT2D eigenvalue weighted by atomic mass is 32.2. The number of anilines is 1. The molecule has 0 aliphatic carbocycles. The van der Waals surface area contributed by atoms with E-state index in [0.717, 1.165) is 5.69 Å². The molecule has 12 heavy (non-hydrogen) atoms. The van der Waals surface area contributed by atoms with E-state index in [1.54, 1.807) is 18.2 Å². The molecule has 1 rings (SSSR count). The topological polar surface area (TPSA) is 43.4 Å². The molecule has 3 nitrogen and oxygen atoms in total. The summed E-state index contributed by atoms with van der Waals surface area (Å²) in [6.07, 6.45) is 0. The van der Waals surface area contributed by atoms with Crippen LogP contribution in [-0.2, 0) is 11.1 Å². The fourth-order valence-electron chi connectivity index (χ4n) is 0.865. The fourth-order valence-corrected chi connectivity index (χ4v) is 1.27. The van der Waals surface area contributed by atoms with Gasteiger partial charge in [-0.3, -0.25) is 4.21 Å². The van der Waals surface area contributed by atoms with Gasteiger partial charge in [0.05, 0.1) is 0 Å². The molecule has 1 atom stereocenters. The third kappa shape index (κ3) is 2.06. The molecule has 0 saturated heterocycles. The number of hydrogen-bond donors (Lipinski definition) is 0. The summed E-state index contributed by atoms with van der Waals surface area (Å²) < 4.78 is 21.1. The van der Waals surface area contributed by atoms with Crippen molar-refractivity contribution < 1.29 is 8.76 Å². The van der Waals surface area contributed by atoms with Crippen molar-refractivity contribution in [2.75, 3.05) is 19.0 Å². The van der Waals surface area contributed by atoms with Crippen molar-refractivity contribution in [3.05, 3.63) is 24.3 Å². The molecule has 0 radical (unpaired) electrons. The number of rotatable bonds is 2. The van der Waals surface area contributed by atoms with Crippen LogP contribution in [0.25, 0.3) is 0 Å². The summed E-state index contributed by atoms with van der Waals surface area (Å²) in [6, 6.07) is 6.77. The molecule has 0 aromatic heterocycles. The van der Waals surface area contributed by atoms with Gasteiger partial charge in [0.2, 0.25) is 0 Å². The van der Waals surface area contributed by atoms with Crippen LogP contribution in [0.5, 0.6) is 0 Å². The lowest BCUT2D eigenvalue weighted by Crippen LogP contribution is -2.08. The zero-order valence-electron chi connectivity index (χ0n) is 6.98. The van der Waals surface area contributed by atoms with E-state index in [1.807, 2.05) is 25.1 Å². The monoisotopic (exact) mass is 184 g/mol. The molecule has 0 fully saturated rings. The van der Waals surface area contributed by atoms with Gasteiger partial charge in [-0.15, -0.1) is 0 Å². The van der Waals surface area contributed by atoms with Gasteiger partial charge in [0.15, 0.2) is 0 Å². The minimum Gasteiger partial charge on any atom is -0.768 e. The van der Waals surface area contributed by atoms with Crippen LogP contribution in [-0.4, -0.2) is 22.9 Å². The smallest absolute Gasteiger partial charge is 0.0372 e. The summed E-state index contributed by atoms with van der Waals surface area (Å²) >= 11 is -2.13. The van der Waals surface area contributed by atoms with E-state index >= 15 is 0 Å². The maximum atomic E-state index is 10.6. The quantitative estimate of drug-likeness (QED) is 0.644. The van der Waals surface area contributed by atoms with Crippen molar-refractivity contribution in [3.8, 4) is 0 Å². The van der Waals surface area contributed by atoms with Gasteiger partial charge in [0.25, 0.3) is 0 Å². The largest absolute Gasteiger partial charge is 0.768 e. The first-order valence-corrected chi connectivity index (χ1v) is 4.55. The van der Waals surface area contributed by atoms with Crippen LogP contribution in [0, 0.1) is 0 Å². The second-order valence-electron chi connectivity index (χ2n) is 2.63. The summed E-state index contributed by atoms with van der Waals surface area (Å²) in [4.78, 5) is 2.18. The molecule has 0 N–H and O–H groups in total. The van der Waals surface area contributed by atoms with Crippen LogP contribution < -0.4 is 4.90 Å². The van der Waals surface area contributed by atoms with Crippen LogP contribution in [0.2, 0.25) is 0 Å². The predicted molar refractivity (Wildman–Crippen MR) is 48.0 cm³/mol. The van der Waals surface area contributed by atoms with Gasteiger partial charge < -0.3 is 9.45 Å². The van der Waals surface area contributed by atoms with Crippen molar-refractivity contribution >= 4 is 16.8 Å². The molecule has 0 aliphatic rings. The molecule has 1 aromatic carbocycles. The standard InChI is InChI=1S/C8H11NO2S/c1-9(2)7-4-3-5-8(6-7)12(10)11/h3-6H,1-2H3,(H,10,11)/p-1. The molecule has 0 bridgehead atoms. The van der Waals surface area contributed by atoms with Gasteiger partial charge in [0, 0.05) is 24.7 Å². The zero-order valence-corrected chi connectivity index (χ0v) is 7.80. The first kappa shape index (κ1) is 9.22. The van der Waals surface area contributed by atoms with Crippen LogP contribution in [0.15, 0.2) is 29.2 Å². The number of nitrogens with zero attached hydrogens (tertiary/aromatic N) is 1. The molecule has 0 aliphatic heterocycles. The molecule has 0 spiro atoms. The number of benzene rings is 1. The van der Waals surface area contributed by atoms with Gasteiger partial charge in [-0.1, -0.05) is 6.07 Å². The fraction of sp³-hybridized carbons (Fsp3) is 0.250. The van der Waals surface area contributed by atoms with Gasteiger partial charge in [-0.2, -0.15) is 0 Å². The zero-order chi connectivity index (χ0) is 9.14. The lowest BCUT2D eigenvalue weighted by Gasteiger charge is -2.14. The molecular weight excluding hydrogens is 174 g/mol. The minimum absolute atomic E-state index is 0.321. The highest BCUT2D eigenvalue weighted by molar-refractivity contribution is 7.79. The Balaban J connectivity index is 3.04. The van der Waals surface area contributed by atoms with Gasteiger partial charge >= 0.3 is 0 Å². The van der Waals surface area contributed by atoms with Gasteiger partial charge in [0.1, 0.15) is 0 Å². The average molecular weight is 184 g/mol. The molecule has 66 valence electrons. The summed E-state index contributed by atoms with van der Waals surface area (Å²) in [5.41, 5.74) is 0.886. The van der Waals surface area contributed by atoms with E-state index in [-0.39, 0.29) is 0 Å². The van der Waals surface area contributed by atoms with Crippen LogP contribution in [0.3, 0.4) is 0 Å². The van der Waals surface area contributed by atoms with E-state index in [2.05, 4.69) is 0 Å². The Morgan fingerprint density at radius 2 is 2.08 bits per heavy atom. The Hall–Kier alpha value is -0.870. The summed E-state index contributed by atoms with van der Waals surface area (Å²) in [7, 11) is 3.74. The van der Waals surface area contributed by atoms with Crippen molar-refractivity contribution in [1.82, 2.24) is 0 Å². The van der Waals surface area contributed by atoms with Crippen molar-refractivity contribution in [2.24, 2.45) is 0 Å². The highest BCUT2D eigenvalue weighted by Crippen LogP contribution is 2.14. The number of hydrogen-bond acceptors (Lipinski definition) is 3. The Morgan fingerprint density at radius 1 is 1.42 bits per heavy atom. The third-order valence-corrected chi connectivity index (χ3v) is 2.17. The Morgan fingerprint density at radius 3 is 2.58 bits per heavy atom. The lowest BCUT2D eigenvalue weighted by atomic mass is 10.3. The normalized spacial score (nSPS) is 12.6. The average Bonchev–Trinajstić information content (AvgIpc) is 2.04. The summed E-state index contributed by atoms with van der Waals surface area (Å²) in [5.74, 6) is 0. The molecule has 0 saturated carbocycles. The van der Waals surface area contributed by atoms with Crippen LogP contribution in [0.4, 0.5) is 5.69 Å². The summed E-state index contributed by atoms with van der Waals surface area (Å²) in [6.45, 7) is 0. The minimum atomic E-state index is -2.13. The van der Waals surface area contributed by atoms with Crippen molar-refractivity contribution in [3.63, 3.8) is 0 Å². The second kappa shape index (κ2) is 3.69. The molecule has 0 heterocycles. The van der Waals surface area contributed by atoms with E-state index in [1.165, 1.54) is 0 Å². The van der Waals surface area contributed by atoms with Crippen molar-refractivity contribution in [1.29, 1.82) is 0 Å². The van der Waals surface area contributed by atoms with Crippen LogP contribution in [0.1, 0.15) is 0 Å². The van der Waals surface area contributed by atoms with Gasteiger partial charge in [-0.25, -0.2) is 0 Å². The molecule has 0 amide bonds. The molecule has 4 heteroatoms. The van der Waals surface area contributed by atoms with E-state index in [9.17, 15) is 8.76 Å². The first-order valence-electron chi connectivity index (χ1n) is 3.48. The Labute approximate surface area is 74.3 Å². The third-order valence-electron chi connectivity index (χ3n) is 1.53. The first-order chi connectivity index (χ1) is 5.61. The van der Waals surface area contributed by atoms with E-state index in [4.69, 9.17) is 0 Å². The van der Waals surface area contributed by atoms with Crippen molar-refractivity contribution in [2.45, 2.75) is 4.90 Å². The van der Waals surface area contributed by atoms with E-state index < -0.39 is 11.1 Å². The highest BCUT2D eigenvalue weighted by Gasteiger charge is 1.96. The molecular formula is C8H10NO2S-. The van der Waals surface area contributed by atoms with E-state index in [0.29, 0.717) is 4.90 Å². The maximum absolute atomic E-state index is 10.6. The van der Waals surface area contributed by atoms with Crippen LogP contribution >= 0.6 is 0 Å². The predicted octanol–water partition coefficient (Wildman–Crippen LogP) is 0.991. The maximum Gasteiger partial charge on any atom is 0.0372 e. The molecule has 1 aromatic rings. The van der Waals surface area contributed by atoms with Gasteiger partial charge in [-0.05, 0) is 29.3 Å². The SMILES string of the molecule is CN(C)c1cccc(S(=O)[O-])c1.